The Morgan fingerprint density at radius 2 is 1.89 bits per heavy atom. The highest BCUT2D eigenvalue weighted by molar-refractivity contribution is 9.10. The Morgan fingerprint density at radius 3 is 2.64 bits per heavy atom. The number of halogens is 1. The Hall–Kier alpha value is -3.32. The van der Waals surface area contributed by atoms with E-state index in [-0.39, 0.29) is 5.69 Å². The fourth-order valence-corrected chi connectivity index (χ4v) is 3.14. The van der Waals surface area contributed by atoms with E-state index in [9.17, 15) is 10.1 Å². The van der Waals surface area contributed by atoms with Crippen molar-refractivity contribution >= 4 is 44.6 Å². The maximum Gasteiger partial charge on any atom is 0.284 e. The fraction of sp³-hybridized carbons (Fsp3) is 0.0476. The second-order valence-electron chi connectivity index (χ2n) is 6.26. The molecule has 0 aliphatic rings. The van der Waals surface area contributed by atoms with Crippen LogP contribution >= 0.6 is 15.9 Å². The van der Waals surface area contributed by atoms with Crippen LogP contribution in [0.4, 0.5) is 11.4 Å². The molecule has 6 nitrogen and oxygen atoms in total. The van der Waals surface area contributed by atoms with Gasteiger partial charge in [-0.1, -0.05) is 12.1 Å². The van der Waals surface area contributed by atoms with E-state index in [2.05, 4.69) is 25.9 Å². The minimum Gasteiger partial charge on any atom is -0.436 e. The van der Waals surface area contributed by atoms with E-state index in [1.54, 1.807) is 18.3 Å². The van der Waals surface area contributed by atoms with Crippen LogP contribution in [0.1, 0.15) is 11.1 Å². The molecule has 3 aromatic carbocycles. The lowest BCUT2D eigenvalue weighted by molar-refractivity contribution is -0.385. The lowest BCUT2D eigenvalue weighted by atomic mass is 10.2. The molecule has 0 amide bonds. The summed E-state index contributed by atoms with van der Waals surface area (Å²) in [5, 5.41) is 11.0. The lowest BCUT2D eigenvalue weighted by Crippen LogP contribution is -1.91. The average Bonchev–Trinajstić information content (AvgIpc) is 3.10. The van der Waals surface area contributed by atoms with Gasteiger partial charge in [0.2, 0.25) is 5.89 Å². The molecule has 0 aliphatic heterocycles. The maximum atomic E-state index is 11.0. The van der Waals surface area contributed by atoms with Crippen LogP contribution in [0.2, 0.25) is 0 Å². The van der Waals surface area contributed by atoms with Gasteiger partial charge in [0.25, 0.3) is 5.69 Å². The number of hydrogen-bond donors (Lipinski definition) is 0. The van der Waals surface area contributed by atoms with Crippen LogP contribution in [0.5, 0.6) is 0 Å². The first-order valence-corrected chi connectivity index (χ1v) is 9.24. The zero-order valence-electron chi connectivity index (χ0n) is 14.8. The minimum absolute atomic E-state index is 0.00509. The quantitative estimate of drug-likeness (QED) is 0.216. The van der Waals surface area contributed by atoms with Gasteiger partial charge in [0.05, 0.1) is 15.1 Å². The first-order chi connectivity index (χ1) is 13.5. The SMILES string of the molecule is Cc1ccc2nc(-c3ccc(N=Cc4ccc(Br)c([N+](=O)[O-])c4)cc3)oc2c1. The Kier molecular flexibility index (Phi) is 4.75. The molecule has 0 fully saturated rings. The molecule has 0 saturated carbocycles. The van der Waals surface area contributed by atoms with Crippen molar-refractivity contribution in [2.45, 2.75) is 6.92 Å². The average molecular weight is 436 g/mol. The third kappa shape index (κ3) is 3.70. The molecule has 28 heavy (non-hydrogen) atoms. The molecular formula is C21H14BrN3O3. The molecule has 138 valence electrons. The van der Waals surface area contributed by atoms with Crippen LogP contribution in [0.15, 0.2) is 74.5 Å². The van der Waals surface area contributed by atoms with Gasteiger partial charge < -0.3 is 4.42 Å². The molecule has 0 N–H and O–H groups in total. The van der Waals surface area contributed by atoms with Crippen molar-refractivity contribution in [1.82, 2.24) is 4.98 Å². The summed E-state index contributed by atoms with van der Waals surface area (Å²) < 4.78 is 6.27. The number of hydrogen-bond acceptors (Lipinski definition) is 5. The highest BCUT2D eigenvalue weighted by atomic mass is 79.9. The van der Waals surface area contributed by atoms with Gasteiger partial charge in [0.15, 0.2) is 5.58 Å². The normalized spacial score (nSPS) is 11.4. The molecular weight excluding hydrogens is 422 g/mol. The first-order valence-electron chi connectivity index (χ1n) is 8.45. The minimum atomic E-state index is -0.432. The molecule has 0 atom stereocenters. The van der Waals surface area contributed by atoms with E-state index in [0.717, 1.165) is 27.9 Å². The second-order valence-corrected chi connectivity index (χ2v) is 7.12. The van der Waals surface area contributed by atoms with Crippen molar-refractivity contribution in [3.8, 4) is 11.5 Å². The lowest BCUT2D eigenvalue weighted by Gasteiger charge is -1.99. The predicted molar refractivity (Wildman–Crippen MR) is 112 cm³/mol. The number of nitro benzene ring substituents is 1. The van der Waals surface area contributed by atoms with Gasteiger partial charge in [0, 0.05) is 17.8 Å². The number of nitrogens with zero attached hydrogens (tertiary/aromatic N) is 3. The zero-order valence-corrected chi connectivity index (χ0v) is 16.4. The molecule has 7 heteroatoms. The monoisotopic (exact) mass is 435 g/mol. The van der Waals surface area contributed by atoms with Crippen LogP contribution in [0, 0.1) is 17.0 Å². The Labute approximate surface area is 168 Å². The number of benzene rings is 3. The van der Waals surface area contributed by atoms with Crippen LogP contribution in [-0.4, -0.2) is 16.1 Å². The van der Waals surface area contributed by atoms with Crippen LogP contribution in [0.3, 0.4) is 0 Å². The number of fused-ring (bicyclic) bond motifs is 1. The van der Waals surface area contributed by atoms with Gasteiger partial charge in [-0.2, -0.15) is 0 Å². The van der Waals surface area contributed by atoms with Gasteiger partial charge in [-0.05, 0) is 76.4 Å². The fourth-order valence-electron chi connectivity index (χ4n) is 2.74. The van der Waals surface area contributed by atoms with Crippen molar-refractivity contribution in [3.05, 3.63) is 86.4 Å². The van der Waals surface area contributed by atoms with Gasteiger partial charge in [-0.3, -0.25) is 15.1 Å². The van der Waals surface area contributed by atoms with Gasteiger partial charge in [-0.25, -0.2) is 4.98 Å². The Bertz CT molecular complexity index is 1210. The van der Waals surface area contributed by atoms with E-state index in [1.165, 1.54) is 6.07 Å². The van der Waals surface area contributed by atoms with Crippen molar-refractivity contribution < 1.29 is 9.34 Å². The molecule has 1 aromatic heterocycles. The van der Waals surface area contributed by atoms with E-state index in [1.807, 2.05) is 49.4 Å². The summed E-state index contributed by atoms with van der Waals surface area (Å²) in [4.78, 5) is 19.5. The van der Waals surface area contributed by atoms with Crippen molar-refractivity contribution in [2.75, 3.05) is 0 Å². The molecule has 4 aromatic rings. The van der Waals surface area contributed by atoms with Crippen molar-refractivity contribution in [2.24, 2.45) is 4.99 Å². The molecule has 0 saturated heterocycles. The largest absolute Gasteiger partial charge is 0.436 e. The van der Waals surface area contributed by atoms with Crippen molar-refractivity contribution in [3.63, 3.8) is 0 Å². The summed E-state index contributed by atoms with van der Waals surface area (Å²) in [6.07, 6.45) is 1.59. The Morgan fingerprint density at radius 1 is 1.11 bits per heavy atom. The zero-order chi connectivity index (χ0) is 19.7. The van der Waals surface area contributed by atoms with Gasteiger partial charge in [-0.15, -0.1) is 0 Å². The summed E-state index contributed by atoms with van der Waals surface area (Å²) in [5.74, 6) is 0.555. The highest BCUT2D eigenvalue weighted by Gasteiger charge is 2.11. The summed E-state index contributed by atoms with van der Waals surface area (Å²) in [7, 11) is 0. The van der Waals surface area contributed by atoms with E-state index in [0.29, 0.717) is 15.9 Å². The summed E-state index contributed by atoms with van der Waals surface area (Å²) in [6, 6.07) is 18.2. The van der Waals surface area contributed by atoms with Gasteiger partial charge >= 0.3 is 0 Å². The maximum absolute atomic E-state index is 11.0. The number of nitro groups is 1. The smallest absolute Gasteiger partial charge is 0.284 e. The van der Waals surface area contributed by atoms with Crippen molar-refractivity contribution in [1.29, 1.82) is 0 Å². The number of aryl methyl sites for hydroxylation is 1. The summed E-state index contributed by atoms with van der Waals surface area (Å²) >= 11 is 3.17. The van der Waals surface area contributed by atoms with E-state index >= 15 is 0 Å². The van der Waals surface area contributed by atoms with E-state index in [4.69, 9.17) is 4.42 Å². The molecule has 1 heterocycles. The number of rotatable bonds is 4. The van der Waals surface area contributed by atoms with Crippen LogP contribution in [0.25, 0.3) is 22.6 Å². The predicted octanol–water partition coefficient (Wildman–Crippen LogP) is 6.22. The third-order valence-electron chi connectivity index (χ3n) is 4.19. The molecule has 0 radical (unpaired) electrons. The van der Waals surface area contributed by atoms with Gasteiger partial charge in [0.1, 0.15) is 5.52 Å². The number of aliphatic imine (C=N–C) groups is 1. The standard InChI is InChI=1S/C21H14BrN3O3/c1-13-2-9-18-20(10-13)28-21(24-18)15-4-6-16(7-5-15)23-12-14-3-8-17(22)19(11-14)25(26)27/h2-12H,1H3. The molecule has 0 unspecified atom stereocenters. The summed E-state index contributed by atoms with van der Waals surface area (Å²) in [5.41, 5.74) is 4.92. The second kappa shape index (κ2) is 7.36. The Balaban J connectivity index is 1.57. The first kappa shape index (κ1) is 18.1. The molecule has 0 spiro atoms. The van der Waals surface area contributed by atoms with Crippen LogP contribution < -0.4 is 0 Å². The highest BCUT2D eigenvalue weighted by Crippen LogP contribution is 2.27. The molecule has 0 bridgehead atoms. The third-order valence-corrected chi connectivity index (χ3v) is 4.86. The molecule has 0 aliphatic carbocycles. The van der Waals surface area contributed by atoms with Crippen LogP contribution in [-0.2, 0) is 0 Å². The summed E-state index contributed by atoms with van der Waals surface area (Å²) in [6.45, 7) is 2.01. The molecule has 4 rings (SSSR count). The topological polar surface area (TPSA) is 81.5 Å². The number of oxazole rings is 1. The van der Waals surface area contributed by atoms with E-state index < -0.39 is 4.92 Å². The number of aromatic nitrogens is 1.